The van der Waals surface area contributed by atoms with Gasteiger partial charge in [0.2, 0.25) is 5.89 Å². The van der Waals surface area contributed by atoms with Gasteiger partial charge < -0.3 is 9.73 Å². The fraction of sp³-hybridized carbons (Fsp3) is 0.333. The molecule has 0 bridgehead atoms. The minimum atomic E-state index is 0.641. The van der Waals surface area contributed by atoms with E-state index in [0.29, 0.717) is 6.54 Å². The van der Waals surface area contributed by atoms with Gasteiger partial charge in [0.05, 0.1) is 12.7 Å². The van der Waals surface area contributed by atoms with Crippen molar-refractivity contribution in [2.45, 2.75) is 26.9 Å². The Kier molecular flexibility index (Phi) is 3.31. The number of hydrogen-bond acceptors (Lipinski definition) is 4. The highest BCUT2D eigenvalue weighted by atomic mass is 16.4. The predicted molar refractivity (Wildman–Crippen MR) is 60.8 cm³/mol. The number of nitrogens with one attached hydrogen (secondary N) is 1. The van der Waals surface area contributed by atoms with Gasteiger partial charge in [-0.2, -0.15) is 0 Å². The Morgan fingerprint density at radius 3 is 2.81 bits per heavy atom. The summed E-state index contributed by atoms with van der Waals surface area (Å²) < 4.78 is 5.36. The van der Waals surface area contributed by atoms with E-state index in [4.69, 9.17) is 4.42 Å². The van der Waals surface area contributed by atoms with E-state index in [1.807, 2.05) is 19.2 Å². The maximum absolute atomic E-state index is 5.36. The Morgan fingerprint density at radius 2 is 2.12 bits per heavy atom. The average molecular weight is 217 g/mol. The highest BCUT2D eigenvalue weighted by molar-refractivity contribution is 5.20. The van der Waals surface area contributed by atoms with Crippen molar-refractivity contribution in [1.29, 1.82) is 0 Å². The highest BCUT2D eigenvalue weighted by Gasteiger charge is 2.01. The van der Waals surface area contributed by atoms with Crippen molar-refractivity contribution in [2.24, 2.45) is 0 Å². The number of nitrogens with zero attached hydrogens (tertiary/aromatic N) is 2. The first kappa shape index (κ1) is 10.8. The van der Waals surface area contributed by atoms with Crippen molar-refractivity contribution in [2.75, 3.05) is 0 Å². The first-order chi connectivity index (χ1) is 7.75. The molecule has 2 aromatic heterocycles. The second-order valence-corrected chi connectivity index (χ2v) is 3.77. The largest absolute Gasteiger partial charge is 0.445 e. The summed E-state index contributed by atoms with van der Waals surface area (Å²) in [6, 6.07) is 2.01. The summed E-state index contributed by atoms with van der Waals surface area (Å²) >= 11 is 0. The van der Waals surface area contributed by atoms with Crippen LogP contribution in [0.4, 0.5) is 0 Å². The van der Waals surface area contributed by atoms with Crippen LogP contribution in [0.25, 0.3) is 0 Å². The van der Waals surface area contributed by atoms with Gasteiger partial charge in [-0.1, -0.05) is 0 Å². The van der Waals surface area contributed by atoms with Crippen molar-refractivity contribution >= 4 is 0 Å². The standard InChI is InChI=1S/C12H15N3O/c1-9-3-4-13-6-11(9)7-14-8-12-15-5-10(2)16-12/h3-6,14H,7-8H2,1-2H3. The lowest BCUT2D eigenvalue weighted by Crippen LogP contribution is -2.13. The quantitative estimate of drug-likeness (QED) is 0.850. The maximum atomic E-state index is 5.36. The molecule has 0 unspecified atom stereocenters. The van der Waals surface area contributed by atoms with Gasteiger partial charge in [-0.15, -0.1) is 0 Å². The number of oxazole rings is 1. The van der Waals surface area contributed by atoms with Gasteiger partial charge in [0.25, 0.3) is 0 Å². The molecule has 2 heterocycles. The second kappa shape index (κ2) is 4.90. The molecule has 0 amide bonds. The molecule has 0 aliphatic carbocycles. The number of pyridine rings is 1. The zero-order valence-corrected chi connectivity index (χ0v) is 9.53. The number of aromatic nitrogens is 2. The summed E-state index contributed by atoms with van der Waals surface area (Å²) in [7, 11) is 0. The minimum absolute atomic E-state index is 0.641. The number of rotatable bonds is 4. The van der Waals surface area contributed by atoms with E-state index < -0.39 is 0 Å². The van der Waals surface area contributed by atoms with Crippen molar-refractivity contribution in [1.82, 2.24) is 15.3 Å². The zero-order valence-electron chi connectivity index (χ0n) is 9.53. The monoisotopic (exact) mass is 217 g/mol. The molecule has 0 radical (unpaired) electrons. The smallest absolute Gasteiger partial charge is 0.208 e. The average Bonchev–Trinajstić information content (AvgIpc) is 2.67. The molecular formula is C12H15N3O. The molecule has 84 valence electrons. The topological polar surface area (TPSA) is 51.0 Å². The SMILES string of the molecule is Cc1cnc(CNCc2cnccc2C)o1. The zero-order chi connectivity index (χ0) is 11.4. The van der Waals surface area contributed by atoms with E-state index in [9.17, 15) is 0 Å². The Labute approximate surface area is 94.7 Å². The molecule has 4 heteroatoms. The third-order valence-corrected chi connectivity index (χ3v) is 2.41. The normalized spacial score (nSPS) is 10.6. The number of aryl methyl sites for hydroxylation is 2. The lowest BCUT2D eigenvalue weighted by atomic mass is 10.1. The first-order valence-electron chi connectivity index (χ1n) is 5.27. The molecule has 2 rings (SSSR count). The van der Waals surface area contributed by atoms with Gasteiger partial charge in [-0.05, 0) is 31.0 Å². The van der Waals surface area contributed by atoms with Crippen LogP contribution >= 0.6 is 0 Å². The summed E-state index contributed by atoms with van der Waals surface area (Å²) in [6.07, 6.45) is 5.41. The van der Waals surface area contributed by atoms with Crippen LogP contribution in [0.3, 0.4) is 0 Å². The Balaban J connectivity index is 1.87. The third-order valence-electron chi connectivity index (χ3n) is 2.41. The van der Waals surface area contributed by atoms with Gasteiger partial charge in [0, 0.05) is 18.9 Å². The Bertz CT molecular complexity index is 465. The van der Waals surface area contributed by atoms with Crippen LogP contribution in [-0.4, -0.2) is 9.97 Å². The first-order valence-corrected chi connectivity index (χ1v) is 5.27. The predicted octanol–water partition coefficient (Wildman–Crippen LogP) is 1.98. The van der Waals surface area contributed by atoms with Crippen molar-refractivity contribution in [3.8, 4) is 0 Å². The molecule has 0 saturated heterocycles. The minimum Gasteiger partial charge on any atom is -0.445 e. The number of hydrogen-bond donors (Lipinski definition) is 1. The van der Waals surface area contributed by atoms with Crippen molar-refractivity contribution < 1.29 is 4.42 Å². The summed E-state index contributed by atoms with van der Waals surface area (Å²) in [5.41, 5.74) is 2.44. The molecule has 0 aliphatic rings. The molecule has 16 heavy (non-hydrogen) atoms. The van der Waals surface area contributed by atoms with Crippen molar-refractivity contribution in [3.63, 3.8) is 0 Å². The molecule has 0 fully saturated rings. The van der Waals surface area contributed by atoms with Gasteiger partial charge >= 0.3 is 0 Å². The lowest BCUT2D eigenvalue weighted by molar-refractivity contribution is 0.449. The molecular weight excluding hydrogens is 202 g/mol. The van der Waals surface area contributed by atoms with Gasteiger partial charge in [0.15, 0.2) is 0 Å². The molecule has 0 saturated carbocycles. The summed E-state index contributed by atoms with van der Waals surface area (Å²) in [4.78, 5) is 8.22. The molecule has 0 atom stereocenters. The van der Waals surface area contributed by atoms with E-state index in [0.717, 1.165) is 18.2 Å². The lowest BCUT2D eigenvalue weighted by Gasteiger charge is -2.04. The summed E-state index contributed by atoms with van der Waals surface area (Å²) in [6.45, 7) is 5.39. The van der Waals surface area contributed by atoms with Crippen molar-refractivity contribution in [3.05, 3.63) is 47.4 Å². The molecule has 0 aromatic carbocycles. The molecule has 2 aromatic rings. The van der Waals surface area contributed by atoms with Gasteiger partial charge in [0.1, 0.15) is 5.76 Å². The molecule has 4 nitrogen and oxygen atoms in total. The van der Waals surface area contributed by atoms with E-state index >= 15 is 0 Å². The maximum Gasteiger partial charge on any atom is 0.208 e. The van der Waals surface area contributed by atoms with E-state index in [-0.39, 0.29) is 0 Å². The van der Waals surface area contributed by atoms with Gasteiger partial charge in [-0.3, -0.25) is 4.98 Å². The third kappa shape index (κ3) is 2.67. The van der Waals surface area contributed by atoms with E-state index in [1.54, 1.807) is 12.4 Å². The van der Waals surface area contributed by atoms with Crippen LogP contribution in [-0.2, 0) is 13.1 Å². The van der Waals surface area contributed by atoms with Crippen LogP contribution in [0, 0.1) is 13.8 Å². The highest BCUT2D eigenvalue weighted by Crippen LogP contribution is 2.05. The fourth-order valence-electron chi connectivity index (χ4n) is 1.47. The van der Waals surface area contributed by atoms with E-state index in [1.165, 1.54) is 11.1 Å². The summed E-state index contributed by atoms with van der Waals surface area (Å²) in [5.74, 6) is 1.56. The fourth-order valence-corrected chi connectivity index (χ4v) is 1.47. The Hall–Kier alpha value is -1.68. The van der Waals surface area contributed by atoms with Gasteiger partial charge in [-0.25, -0.2) is 4.98 Å². The van der Waals surface area contributed by atoms with Crippen LogP contribution in [0.5, 0.6) is 0 Å². The van der Waals surface area contributed by atoms with Crippen LogP contribution in [0.2, 0.25) is 0 Å². The second-order valence-electron chi connectivity index (χ2n) is 3.77. The van der Waals surface area contributed by atoms with Crippen LogP contribution < -0.4 is 5.32 Å². The van der Waals surface area contributed by atoms with E-state index in [2.05, 4.69) is 22.2 Å². The molecule has 0 spiro atoms. The molecule has 0 aliphatic heterocycles. The Morgan fingerprint density at radius 1 is 1.25 bits per heavy atom. The van der Waals surface area contributed by atoms with Crippen LogP contribution in [0.15, 0.2) is 29.1 Å². The summed E-state index contributed by atoms with van der Waals surface area (Å²) in [5, 5.41) is 3.28. The molecule has 1 N–H and O–H groups in total. The van der Waals surface area contributed by atoms with Crippen LogP contribution in [0.1, 0.15) is 22.8 Å².